The SMILES string of the molecule is CC(CN(C)C)n1c(SCC(=O)O)nnc1C1CC1. The van der Waals surface area contributed by atoms with Crippen LogP contribution in [0.1, 0.15) is 37.5 Å². The topological polar surface area (TPSA) is 71.2 Å². The summed E-state index contributed by atoms with van der Waals surface area (Å²) in [4.78, 5) is 12.8. The van der Waals surface area contributed by atoms with Gasteiger partial charge in [-0.3, -0.25) is 4.79 Å². The molecule has 2 rings (SSSR count). The molecule has 106 valence electrons. The first-order valence-corrected chi connectivity index (χ1v) is 7.41. The fraction of sp³-hybridized carbons (Fsp3) is 0.750. The second-order valence-corrected chi connectivity index (χ2v) is 6.22. The second-order valence-electron chi connectivity index (χ2n) is 5.28. The number of rotatable bonds is 7. The number of carboxylic acids is 1. The van der Waals surface area contributed by atoms with Crippen LogP contribution in [-0.4, -0.2) is 57.1 Å². The van der Waals surface area contributed by atoms with Crippen LogP contribution in [0.15, 0.2) is 5.16 Å². The van der Waals surface area contributed by atoms with Crippen LogP contribution in [0.2, 0.25) is 0 Å². The standard InChI is InChI=1S/C12H20N4O2S/c1-8(6-15(2)3)16-11(9-4-5-9)13-14-12(16)19-7-10(17)18/h8-9H,4-7H2,1-3H3,(H,17,18). The molecule has 0 saturated heterocycles. The van der Waals surface area contributed by atoms with Gasteiger partial charge >= 0.3 is 5.97 Å². The van der Waals surface area contributed by atoms with Crippen molar-refractivity contribution in [2.24, 2.45) is 0 Å². The predicted octanol–water partition coefficient (Wildman–Crippen LogP) is 1.45. The summed E-state index contributed by atoms with van der Waals surface area (Å²) in [6, 6.07) is 0.247. The summed E-state index contributed by atoms with van der Waals surface area (Å²) in [7, 11) is 4.06. The predicted molar refractivity (Wildman–Crippen MR) is 73.6 cm³/mol. The Kier molecular flexibility index (Phi) is 4.46. The molecule has 0 spiro atoms. The maximum Gasteiger partial charge on any atom is 0.313 e. The average molecular weight is 284 g/mol. The van der Waals surface area contributed by atoms with E-state index in [0.717, 1.165) is 30.4 Å². The fourth-order valence-electron chi connectivity index (χ4n) is 2.16. The van der Waals surface area contributed by atoms with Crippen LogP contribution >= 0.6 is 11.8 Å². The Hall–Kier alpha value is -1.08. The number of aliphatic carboxylic acids is 1. The number of aromatic nitrogens is 3. The van der Waals surface area contributed by atoms with Gasteiger partial charge in [0.1, 0.15) is 5.82 Å². The van der Waals surface area contributed by atoms with E-state index in [0.29, 0.717) is 5.92 Å². The second kappa shape index (κ2) is 5.92. The first-order chi connectivity index (χ1) is 8.99. The molecule has 1 fully saturated rings. The van der Waals surface area contributed by atoms with E-state index >= 15 is 0 Å². The van der Waals surface area contributed by atoms with Gasteiger partial charge in [0.05, 0.1) is 5.75 Å². The summed E-state index contributed by atoms with van der Waals surface area (Å²) in [6.45, 7) is 3.01. The minimum Gasteiger partial charge on any atom is -0.481 e. The molecule has 1 atom stereocenters. The lowest BCUT2D eigenvalue weighted by molar-refractivity contribution is -0.133. The number of likely N-dealkylation sites (N-methyl/N-ethyl adjacent to an activating group) is 1. The molecule has 1 saturated carbocycles. The highest BCUT2D eigenvalue weighted by Crippen LogP contribution is 2.41. The quantitative estimate of drug-likeness (QED) is 0.764. The summed E-state index contributed by atoms with van der Waals surface area (Å²) < 4.78 is 2.12. The Morgan fingerprint density at radius 1 is 1.53 bits per heavy atom. The monoisotopic (exact) mass is 284 g/mol. The van der Waals surface area contributed by atoms with Crippen molar-refractivity contribution in [2.75, 3.05) is 26.4 Å². The van der Waals surface area contributed by atoms with Crippen molar-refractivity contribution in [3.05, 3.63) is 5.82 Å². The van der Waals surface area contributed by atoms with E-state index in [4.69, 9.17) is 5.11 Å². The zero-order chi connectivity index (χ0) is 14.0. The zero-order valence-corrected chi connectivity index (χ0v) is 12.4. The number of thioether (sulfide) groups is 1. The Bertz CT molecular complexity index is 457. The number of hydrogen-bond donors (Lipinski definition) is 1. The maximum absolute atomic E-state index is 10.7. The number of hydrogen-bond acceptors (Lipinski definition) is 5. The Morgan fingerprint density at radius 3 is 2.74 bits per heavy atom. The zero-order valence-electron chi connectivity index (χ0n) is 11.5. The molecule has 1 aliphatic carbocycles. The highest BCUT2D eigenvalue weighted by Gasteiger charge is 2.32. The van der Waals surface area contributed by atoms with Crippen LogP contribution in [-0.2, 0) is 4.79 Å². The molecule has 19 heavy (non-hydrogen) atoms. The molecular weight excluding hydrogens is 264 g/mol. The van der Waals surface area contributed by atoms with Crippen LogP contribution in [0.25, 0.3) is 0 Å². The van der Waals surface area contributed by atoms with Crippen molar-refractivity contribution in [1.82, 2.24) is 19.7 Å². The van der Waals surface area contributed by atoms with Crippen LogP contribution < -0.4 is 0 Å². The van der Waals surface area contributed by atoms with Crippen molar-refractivity contribution in [1.29, 1.82) is 0 Å². The third-order valence-electron chi connectivity index (χ3n) is 3.03. The molecule has 0 aromatic carbocycles. The third kappa shape index (κ3) is 3.70. The largest absolute Gasteiger partial charge is 0.481 e. The summed E-state index contributed by atoms with van der Waals surface area (Å²) in [5.74, 6) is 0.726. The van der Waals surface area contributed by atoms with Crippen molar-refractivity contribution in [3.8, 4) is 0 Å². The van der Waals surface area contributed by atoms with E-state index in [-0.39, 0.29) is 11.8 Å². The van der Waals surface area contributed by atoms with Gasteiger partial charge in [0.15, 0.2) is 5.16 Å². The molecule has 1 aromatic rings. The molecule has 7 heteroatoms. The van der Waals surface area contributed by atoms with Crippen molar-refractivity contribution in [3.63, 3.8) is 0 Å². The molecular formula is C12H20N4O2S. The minimum atomic E-state index is -0.826. The lowest BCUT2D eigenvalue weighted by atomic mass is 10.3. The van der Waals surface area contributed by atoms with E-state index in [2.05, 4.69) is 26.6 Å². The lowest BCUT2D eigenvalue weighted by Crippen LogP contribution is -2.24. The normalized spacial score (nSPS) is 16.8. The summed E-state index contributed by atoms with van der Waals surface area (Å²) in [5.41, 5.74) is 0. The summed E-state index contributed by atoms with van der Waals surface area (Å²) >= 11 is 1.25. The molecule has 1 heterocycles. The molecule has 6 nitrogen and oxygen atoms in total. The van der Waals surface area contributed by atoms with Crippen LogP contribution in [0, 0.1) is 0 Å². The van der Waals surface area contributed by atoms with Crippen LogP contribution in [0.5, 0.6) is 0 Å². The number of carboxylic acid groups (broad SMARTS) is 1. The molecule has 0 radical (unpaired) electrons. The van der Waals surface area contributed by atoms with E-state index < -0.39 is 5.97 Å². The van der Waals surface area contributed by atoms with E-state index in [1.54, 1.807) is 0 Å². The Morgan fingerprint density at radius 2 is 2.21 bits per heavy atom. The van der Waals surface area contributed by atoms with Gasteiger partial charge in [-0.1, -0.05) is 11.8 Å². The molecule has 0 aliphatic heterocycles. The van der Waals surface area contributed by atoms with Crippen molar-refractivity contribution >= 4 is 17.7 Å². The van der Waals surface area contributed by atoms with Gasteiger partial charge in [-0.15, -0.1) is 10.2 Å². The summed E-state index contributed by atoms with van der Waals surface area (Å²) in [6.07, 6.45) is 2.33. The molecule has 1 unspecified atom stereocenters. The first-order valence-electron chi connectivity index (χ1n) is 6.43. The van der Waals surface area contributed by atoms with Gasteiger partial charge < -0.3 is 14.6 Å². The minimum absolute atomic E-state index is 0.0253. The van der Waals surface area contributed by atoms with E-state index in [1.165, 1.54) is 11.8 Å². The lowest BCUT2D eigenvalue weighted by Gasteiger charge is -2.21. The smallest absolute Gasteiger partial charge is 0.313 e. The average Bonchev–Trinajstić information content (AvgIpc) is 3.05. The number of carbonyl (C=O) groups is 1. The van der Waals surface area contributed by atoms with E-state index in [9.17, 15) is 4.79 Å². The van der Waals surface area contributed by atoms with Crippen LogP contribution in [0.4, 0.5) is 0 Å². The van der Waals surface area contributed by atoms with Gasteiger partial charge in [0, 0.05) is 18.5 Å². The highest BCUT2D eigenvalue weighted by molar-refractivity contribution is 7.99. The third-order valence-corrected chi connectivity index (χ3v) is 3.96. The first kappa shape index (κ1) is 14.3. The van der Waals surface area contributed by atoms with Gasteiger partial charge in [0.2, 0.25) is 0 Å². The molecule has 0 bridgehead atoms. The van der Waals surface area contributed by atoms with Crippen LogP contribution in [0.3, 0.4) is 0 Å². The Balaban J connectivity index is 2.19. The molecule has 1 N–H and O–H groups in total. The molecule has 1 aliphatic rings. The molecule has 0 amide bonds. The van der Waals surface area contributed by atoms with Gasteiger partial charge in [-0.05, 0) is 33.9 Å². The van der Waals surface area contributed by atoms with Gasteiger partial charge in [0.25, 0.3) is 0 Å². The van der Waals surface area contributed by atoms with Crippen molar-refractivity contribution in [2.45, 2.75) is 36.9 Å². The van der Waals surface area contributed by atoms with Crippen molar-refractivity contribution < 1.29 is 9.90 Å². The maximum atomic E-state index is 10.7. The molecule has 1 aromatic heterocycles. The van der Waals surface area contributed by atoms with E-state index in [1.807, 2.05) is 14.1 Å². The van der Waals surface area contributed by atoms with Gasteiger partial charge in [-0.2, -0.15) is 0 Å². The fourth-order valence-corrected chi connectivity index (χ4v) is 2.92. The summed E-state index contributed by atoms with van der Waals surface area (Å²) in [5, 5.41) is 17.9. The van der Waals surface area contributed by atoms with Gasteiger partial charge in [-0.25, -0.2) is 0 Å². The number of nitrogens with zero attached hydrogens (tertiary/aromatic N) is 4. The Labute approximate surface area is 117 Å². The highest BCUT2D eigenvalue weighted by atomic mass is 32.2.